The molecule has 0 aliphatic carbocycles. The van der Waals surface area contributed by atoms with Crippen molar-refractivity contribution in [3.8, 4) is 0 Å². The first-order valence-corrected chi connectivity index (χ1v) is 24.2. The van der Waals surface area contributed by atoms with Gasteiger partial charge in [-0.3, -0.25) is 4.55 Å². The molecule has 5 heteroatoms. The molecule has 0 saturated heterocycles. The molecule has 0 aliphatic rings. The number of benzene rings is 1. The van der Waals surface area contributed by atoms with Crippen molar-refractivity contribution in [3.05, 3.63) is 29.8 Å². The van der Waals surface area contributed by atoms with E-state index < -0.39 is 10.1 Å². The Morgan fingerprint density at radius 1 is 0.412 bits per heavy atom. The van der Waals surface area contributed by atoms with Crippen LogP contribution in [0.15, 0.2) is 29.2 Å². The van der Waals surface area contributed by atoms with Gasteiger partial charge in [0.05, 0.1) is 19.6 Å². The minimum Gasteiger partial charge on any atom is -0.320 e. The van der Waals surface area contributed by atoms with Gasteiger partial charge in [0.2, 0.25) is 0 Å². The number of hydrogen-bond donors (Lipinski definition) is 1. The molecular formula is C46H88NO3S+. The third kappa shape index (κ3) is 27.3. The van der Waals surface area contributed by atoms with Gasteiger partial charge in [-0.25, -0.2) is 0 Å². The lowest BCUT2D eigenvalue weighted by atomic mass is 10.0. The largest absolute Gasteiger partial charge is 0.320 e. The van der Waals surface area contributed by atoms with E-state index in [9.17, 15) is 13.0 Å². The number of nitrogens with zero attached hydrogens (tertiary/aromatic N) is 1. The van der Waals surface area contributed by atoms with Gasteiger partial charge in [-0.2, -0.15) is 8.42 Å². The summed E-state index contributed by atoms with van der Waals surface area (Å²) in [7, 11) is -4.25. The maximum absolute atomic E-state index is 12.5. The Hall–Kier alpha value is -0.910. The summed E-state index contributed by atoms with van der Waals surface area (Å²) in [5.74, 6) is 0. The van der Waals surface area contributed by atoms with Crippen LogP contribution in [-0.4, -0.2) is 37.1 Å². The molecule has 0 fully saturated rings. The lowest BCUT2D eigenvalue weighted by Crippen LogP contribution is -2.49. The summed E-state index contributed by atoms with van der Waals surface area (Å²) in [6.45, 7) is 10.9. The topological polar surface area (TPSA) is 54.4 Å². The number of quaternary nitrogens is 1. The van der Waals surface area contributed by atoms with Crippen LogP contribution < -0.4 is 0 Å². The summed E-state index contributed by atoms with van der Waals surface area (Å²) < 4.78 is 36.1. The van der Waals surface area contributed by atoms with Crippen LogP contribution in [0.2, 0.25) is 0 Å². The van der Waals surface area contributed by atoms with E-state index in [1.807, 2.05) is 12.1 Å². The molecule has 0 atom stereocenters. The Labute approximate surface area is 320 Å². The summed E-state index contributed by atoms with van der Waals surface area (Å²) in [6.07, 6.45) is 44.3. The first kappa shape index (κ1) is 48.1. The van der Waals surface area contributed by atoms with Gasteiger partial charge in [-0.15, -0.1) is 0 Å². The highest BCUT2D eigenvalue weighted by Gasteiger charge is 2.29. The Kier molecular flexibility index (Phi) is 31.7. The molecule has 0 aromatic heterocycles. The van der Waals surface area contributed by atoms with Crippen molar-refractivity contribution >= 4 is 10.1 Å². The molecule has 0 spiro atoms. The second-order valence-electron chi connectivity index (χ2n) is 16.4. The van der Waals surface area contributed by atoms with Crippen molar-refractivity contribution < 1.29 is 17.5 Å². The zero-order valence-electron chi connectivity index (χ0n) is 34.6. The molecule has 0 heterocycles. The molecule has 0 unspecified atom stereocenters. The third-order valence-corrected chi connectivity index (χ3v) is 12.4. The molecule has 1 aromatic carbocycles. The molecule has 1 rings (SSSR count). The van der Waals surface area contributed by atoms with Crippen LogP contribution in [0.5, 0.6) is 0 Å². The van der Waals surface area contributed by atoms with Gasteiger partial charge in [0.1, 0.15) is 11.4 Å². The predicted molar refractivity (Wildman–Crippen MR) is 224 cm³/mol. The highest BCUT2D eigenvalue weighted by molar-refractivity contribution is 7.85. The highest BCUT2D eigenvalue weighted by atomic mass is 32.2. The molecule has 0 aliphatic heterocycles. The fraction of sp³-hybridized carbons (Fsp3) is 0.870. The summed E-state index contributed by atoms with van der Waals surface area (Å²) >= 11 is 0. The van der Waals surface area contributed by atoms with Crippen LogP contribution >= 0.6 is 0 Å². The predicted octanol–water partition coefficient (Wildman–Crippen LogP) is 15.2. The van der Waals surface area contributed by atoms with E-state index in [-0.39, 0.29) is 4.90 Å². The van der Waals surface area contributed by atoms with Crippen molar-refractivity contribution in [3.63, 3.8) is 0 Å². The molecule has 4 nitrogen and oxygen atoms in total. The molecule has 1 N–H and O–H groups in total. The molecular weight excluding hydrogens is 647 g/mol. The lowest BCUT2D eigenvalue weighted by molar-refractivity contribution is -0.941. The van der Waals surface area contributed by atoms with Crippen molar-refractivity contribution in [1.29, 1.82) is 0 Å². The summed E-state index contributed by atoms with van der Waals surface area (Å²) in [4.78, 5) is 0.115. The van der Waals surface area contributed by atoms with Gasteiger partial charge in [-0.1, -0.05) is 212 Å². The average Bonchev–Trinajstić information content (AvgIpc) is 3.11. The van der Waals surface area contributed by atoms with E-state index in [0.717, 1.165) is 29.7 Å². The SMILES string of the molecule is CCCCCCCCCCCCC[N+](CCCCCCCCCCCCC)(CCCCCCCCCCCCC)Cc1ccccc1S(=O)(=O)O. The third-order valence-electron chi connectivity index (χ3n) is 11.5. The summed E-state index contributed by atoms with van der Waals surface area (Å²) in [5.41, 5.74) is 0.800. The standard InChI is InChI=1S/C46H87NO3S/c1-4-7-10-13-16-19-22-25-28-31-36-41-47(44-45-39-34-35-40-46(45)51(48,49)50,42-37-32-29-26-23-20-17-14-11-8-5-2)43-38-33-30-27-24-21-18-15-12-9-6-3/h34-35,39-40H,4-33,36-38,41-44H2,1-3H3/p+1. The minimum atomic E-state index is -4.25. The zero-order valence-corrected chi connectivity index (χ0v) is 35.4. The quantitative estimate of drug-likeness (QED) is 0.0416. The Balaban J connectivity index is 2.81. The number of unbranched alkanes of at least 4 members (excludes halogenated alkanes) is 30. The van der Waals surface area contributed by atoms with E-state index in [0.29, 0.717) is 6.54 Å². The Morgan fingerprint density at radius 2 is 0.667 bits per heavy atom. The minimum absolute atomic E-state index is 0.115. The summed E-state index contributed by atoms with van der Waals surface area (Å²) in [5, 5.41) is 0. The lowest BCUT2D eigenvalue weighted by Gasteiger charge is -2.40. The van der Waals surface area contributed by atoms with Gasteiger partial charge in [-0.05, 0) is 44.6 Å². The van der Waals surface area contributed by atoms with Crippen LogP contribution in [0, 0.1) is 0 Å². The van der Waals surface area contributed by atoms with Crippen LogP contribution in [0.3, 0.4) is 0 Å². The molecule has 0 bridgehead atoms. The summed E-state index contributed by atoms with van der Waals surface area (Å²) in [6, 6.07) is 7.26. The van der Waals surface area contributed by atoms with Gasteiger partial charge in [0.25, 0.3) is 10.1 Å². The van der Waals surface area contributed by atoms with Gasteiger partial charge < -0.3 is 4.48 Å². The molecule has 51 heavy (non-hydrogen) atoms. The van der Waals surface area contributed by atoms with Crippen LogP contribution in [0.4, 0.5) is 0 Å². The maximum Gasteiger partial charge on any atom is 0.295 e. The van der Waals surface area contributed by atoms with E-state index in [4.69, 9.17) is 0 Å². The molecule has 0 radical (unpaired) electrons. The van der Waals surface area contributed by atoms with E-state index in [1.54, 1.807) is 12.1 Å². The van der Waals surface area contributed by atoms with Crippen LogP contribution in [0.1, 0.15) is 238 Å². The second kappa shape index (κ2) is 33.6. The molecule has 300 valence electrons. The van der Waals surface area contributed by atoms with Crippen LogP contribution in [-0.2, 0) is 16.7 Å². The number of hydrogen-bond acceptors (Lipinski definition) is 2. The molecule has 0 amide bonds. The number of rotatable bonds is 39. The van der Waals surface area contributed by atoms with Gasteiger partial charge in [0.15, 0.2) is 0 Å². The normalized spacial score (nSPS) is 12.2. The highest BCUT2D eigenvalue weighted by Crippen LogP contribution is 2.26. The van der Waals surface area contributed by atoms with Crippen molar-refractivity contribution in [2.75, 3.05) is 19.6 Å². The van der Waals surface area contributed by atoms with Crippen molar-refractivity contribution in [1.82, 2.24) is 0 Å². The average molecular weight is 735 g/mol. The van der Waals surface area contributed by atoms with Crippen molar-refractivity contribution in [2.24, 2.45) is 0 Å². The second-order valence-corrected chi connectivity index (χ2v) is 17.7. The van der Waals surface area contributed by atoms with E-state index >= 15 is 0 Å². The first-order chi connectivity index (χ1) is 24.9. The van der Waals surface area contributed by atoms with E-state index in [1.165, 1.54) is 212 Å². The fourth-order valence-electron chi connectivity index (χ4n) is 8.15. The fourth-order valence-corrected chi connectivity index (χ4v) is 8.87. The smallest absolute Gasteiger partial charge is 0.295 e. The van der Waals surface area contributed by atoms with E-state index in [2.05, 4.69) is 20.8 Å². The van der Waals surface area contributed by atoms with Crippen LogP contribution in [0.25, 0.3) is 0 Å². The molecule has 0 saturated carbocycles. The first-order valence-electron chi connectivity index (χ1n) is 22.8. The van der Waals surface area contributed by atoms with Gasteiger partial charge >= 0.3 is 0 Å². The Morgan fingerprint density at radius 3 is 0.941 bits per heavy atom. The van der Waals surface area contributed by atoms with Gasteiger partial charge in [0, 0.05) is 5.56 Å². The Bertz CT molecular complexity index is 929. The molecule has 1 aromatic rings. The maximum atomic E-state index is 12.5. The zero-order chi connectivity index (χ0) is 37.1. The van der Waals surface area contributed by atoms with Crippen molar-refractivity contribution in [2.45, 2.75) is 244 Å². The monoisotopic (exact) mass is 735 g/mol.